The van der Waals surface area contributed by atoms with Gasteiger partial charge in [0, 0.05) is 12.4 Å². The fourth-order valence-electron chi connectivity index (χ4n) is 3.18. The molecular weight excluding hydrogens is 398 g/mol. The van der Waals surface area contributed by atoms with Crippen LogP contribution in [-0.4, -0.2) is 65.0 Å². The van der Waals surface area contributed by atoms with E-state index in [0.29, 0.717) is 12.2 Å². The highest BCUT2D eigenvalue weighted by Crippen LogP contribution is 2.31. The number of aromatic nitrogens is 5. The second-order valence-corrected chi connectivity index (χ2v) is 6.85. The van der Waals surface area contributed by atoms with Gasteiger partial charge in [-0.3, -0.25) is 24.4 Å². The van der Waals surface area contributed by atoms with Gasteiger partial charge in [0.2, 0.25) is 0 Å². The van der Waals surface area contributed by atoms with E-state index < -0.39 is 24.1 Å². The molecule has 0 saturated heterocycles. The molecule has 160 valence electrons. The molecule has 1 aliphatic heterocycles. The van der Waals surface area contributed by atoms with Crippen LogP contribution in [0, 0.1) is 12.3 Å². The molecule has 2 atom stereocenters. The molecule has 0 bridgehead atoms. The largest absolute Gasteiger partial charge is 0.371 e. The van der Waals surface area contributed by atoms with E-state index in [2.05, 4.69) is 26.0 Å². The number of aliphatic hydroxyl groups is 1. The molecular formula is C21H23N7O3. The normalized spacial score (nSPS) is 16.5. The predicted molar refractivity (Wildman–Crippen MR) is 111 cm³/mol. The summed E-state index contributed by atoms with van der Waals surface area (Å²) in [5, 5.41) is 14.6. The Morgan fingerprint density at radius 1 is 1.26 bits per heavy atom. The van der Waals surface area contributed by atoms with Crippen LogP contribution in [0.4, 0.5) is 0 Å². The van der Waals surface area contributed by atoms with Gasteiger partial charge >= 0.3 is 0 Å². The topological polar surface area (TPSA) is 117 Å². The molecule has 2 aromatic rings. The summed E-state index contributed by atoms with van der Waals surface area (Å²) in [7, 11) is 1.74. The number of hydrogen-bond acceptors (Lipinski definition) is 8. The number of aliphatic hydroxyl groups excluding tert-OH is 1. The molecule has 0 saturated carbocycles. The zero-order valence-electron chi connectivity index (χ0n) is 17.7. The van der Waals surface area contributed by atoms with Crippen LogP contribution in [0.3, 0.4) is 0 Å². The molecule has 3 rings (SSSR count). The number of allylic oxidation sites excluding steroid dienone is 1. The third-order valence-corrected chi connectivity index (χ3v) is 4.99. The first-order chi connectivity index (χ1) is 14.8. The SMILES string of the molecule is C#CC1=C(/C=C\C)C(=O)N(C(C)c2nccnc2-n2cnc(C(O)N(C)CC)n2)C1=O. The Bertz CT molecular complexity index is 1110. The highest BCUT2D eigenvalue weighted by atomic mass is 16.3. The average molecular weight is 421 g/mol. The van der Waals surface area contributed by atoms with E-state index in [4.69, 9.17) is 6.42 Å². The highest BCUT2D eigenvalue weighted by molar-refractivity contribution is 6.22. The minimum atomic E-state index is -0.990. The van der Waals surface area contributed by atoms with Crippen LogP contribution in [0.25, 0.3) is 5.82 Å². The van der Waals surface area contributed by atoms with Gasteiger partial charge in [0.05, 0.1) is 11.6 Å². The Morgan fingerprint density at radius 2 is 1.97 bits per heavy atom. The van der Waals surface area contributed by atoms with E-state index in [1.807, 2.05) is 6.92 Å². The quantitative estimate of drug-likeness (QED) is 0.399. The van der Waals surface area contributed by atoms with Crippen LogP contribution in [0.15, 0.2) is 42.0 Å². The maximum absolute atomic E-state index is 12.9. The average Bonchev–Trinajstić information content (AvgIpc) is 3.36. The summed E-state index contributed by atoms with van der Waals surface area (Å²) in [6, 6.07) is -0.773. The maximum Gasteiger partial charge on any atom is 0.270 e. The Hall–Kier alpha value is -3.68. The zero-order valence-corrected chi connectivity index (χ0v) is 17.7. The van der Waals surface area contributed by atoms with Gasteiger partial charge in [-0.2, -0.15) is 0 Å². The number of hydrogen-bond donors (Lipinski definition) is 1. The fourth-order valence-corrected chi connectivity index (χ4v) is 3.18. The third kappa shape index (κ3) is 3.88. The van der Waals surface area contributed by atoms with Crippen molar-refractivity contribution in [2.75, 3.05) is 13.6 Å². The van der Waals surface area contributed by atoms with Crippen LogP contribution in [-0.2, 0) is 9.59 Å². The number of imide groups is 1. The Morgan fingerprint density at radius 3 is 2.61 bits per heavy atom. The van der Waals surface area contributed by atoms with Gasteiger partial charge in [-0.15, -0.1) is 11.5 Å². The molecule has 1 N–H and O–H groups in total. The van der Waals surface area contributed by atoms with Crippen molar-refractivity contribution in [3.63, 3.8) is 0 Å². The van der Waals surface area contributed by atoms with E-state index in [-0.39, 0.29) is 22.8 Å². The second-order valence-electron chi connectivity index (χ2n) is 6.85. The van der Waals surface area contributed by atoms with Crippen molar-refractivity contribution in [2.24, 2.45) is 0 Å². The number of rotatable bonds is 7. The minimum absolute atomic E-state index is 0.00848. The van der Waals surface area contributed by atoms with Crippen LogP contribution in [0.1, 0.15) is 44.6 Å². The van der Waals surface area contributed by atoms with Crippen molar-refractivity contribution in [3.05, 3.63) is 53.5 Å². The van der Waals surface area contributed by atoms with Crippen molar-refractivity contribution in [1.82, 2.24) is 34.5 Å². The first-order valence-corrected chi connectivity index (χ1v) is 9.68. The fraction of sp³-hybridized carbons (Fsp3) is 0.333. The van der Waals surface area contributed by atoms with Crippen LogP contribution in [0.5, 0.6) is 0 Å². The Balaban J connectivity index is 1.98. The number of carbonyl (C=O) groups is 2. The van der Waals surface area contributed by atoms with Crippen molar-refractivity contribution < 1.29 is 14.7 Å². The minimum Gasteiger partial charge on any atom is -0.371 e. The van der Waals surface area contributed by atoms with Crippen LogP contribution >= 0.6 is 0 Å². The van der Waals surface area contributed by atoms with E-state index in [0.717, 1.165) is 4.90 Å². The molecule has 2 amide bonds. The molecule has 0 fully saturated rings. The van der Waals surface area contributed by atoms with Gasteiger partial charge in [-0.05, 0) is 27.4 Å². The summed E-state index contributed by atoms with van der Waals surface area (Å²) in [5.74, 6) is 1.72. The summed E-state index contributed by atoms with van der Waals surface area (Å²) >= 11 is 0. The lowest BCUT2D eigenvalue weighted by atomic mass is 10.1. The molecule has 0 aliphatic carbocycles. The number of nitrogens with zero attached hydrogens (tertiary/aromatic N) is 7. The first-order valence-electron chi connectivity index (χ1n) is 9.68. The van der Waals surface area contributed by atoms with Crippen molar-refractivity contribution in [3.8, 4) is 18.2 Å². The van der Waals surface area contributed by atoms with E-state index in [9.17, 15) is 14.7 Å². The lowest BCUT2D eigenvalue weighted by Crippen LogP contribution is -2.35. The number of amides is 2. The van der Waals surface area contributed by atoms with Gasteiger partial charge < -0.3 is 5.11 Å². The molecule has 3 heterocycles. The second kappa shape index (κ2) is 8.99. The van der Waals surface area contributed by atoms with E-state index >= 15 is 0 Å². The molecule has 10 nitrogen and oxygen atoms in total. The van der Waals surface area contributed by atoms with Crippen LogP contribution < -0.4 is 0 Å². The monoisotopic (exact) mass is 421 g/mol. The molecule has 2 unspecified atom stereocenters. The molecule has 0 spiro atoms. The standard InChI is InChI=1S/C21H23N7O3/c1-6-9-15-14(7-2)19(29)28(20(15)30)13(4)16-18(23-11-10-22-16)27-12-24-17(25-27)21(31)26(5)8-3/h2,6,9-13,21,31H,8H2,1,3-5H3/b9-6-. The van der Waals surface area contributed by atoms with Gasteiger partial charge in [-0.25, -0.2) is 14.6 Å². The lowest BCUT2D eigenvalue weighted by Gasteiger charge is -2.23. The molecule has 0 radical (unpaired) electrons. The molecule has 31 heavy (non-hydrogen) atoms. The summed E-state index contributed by atoms with van der Waals surface area (Å²) < 4.78 is 1.36. The Labute approximate surface area is 179 Å². The van der Waals surface area contributed by atoms with Gasteiger partial charge in [-0.1, -0.05) is 25.0 Å². The Kier molecular flexibility index (Phi) is 6.39. The van der Waals surface area contributed by atoms with Crippen LogP contribution in [0.2, 0.25) is 0 Å². The smallest absolute Gasteiger partial charge is 0.270 e. The third-order valence-electron chi connectivity index (χ3n) is 4.99. The van der Waals surface area contributed by atoms with Crippen molar-refractivity contribution >= 4 is 11.8 Å². The first kappa shape index (κ1) is 22.0. The predicted octanol–water partition coefficient (Wildman–Crippen LogP) is 0.936. The van der Waals surface area contributed by atoms with Gasteiger partial charge in [0.15, 0.2) is 17.9 Å². The maximum atomic E-state index is 12.9. The lowest BCUT2D eigenvalue weighted by molar-refractivity contribution is -0.139. The molecule has 10 heteroatoms. The summed E-state index contributed by atoms with van der Waals surface area (Å²) in [6.07, 6.45) is 12.0. The summed E-state index contributed by atoms with van der Waals surface area (Å²) in [6.45, 7) is 5.89. The van der Waals surface area contributed by atoms with Crippen molar-refractivity contribution in [2.45, 2.75) is 33.0 Å². The molecule has 2 aromatic heterocycles. The number of carbonyl (C=O) groups excluding carboxylic acids is 2. The number of terminal acetylenes is 1. The van der Waals surface area contributed by atoms with E-state index in [1.54, 1.807) is 31.9 Å². The van der Waals surface area contributed by atoms with E-state index in [1.165, 1.54) is 29.5 Å². The highest BCUT2D eigenvalue weighted by Gasteiger charge is 2.41. The van der Waals surface area contributed by atoms with Crippen molar-refractivity contribution in [1.29, 1.82) is 0 Å². The van der Waals surface area contributed by atoms with Gasteiger partial charge in [0.25, 0.3) is 11.8 Å². The summed E-state index contributed by atoms with van der Waals surface area (Å²) in [4.78, 5) is 41.3. The summed E-state index contributed by atoms with van der Waals surface area (Å²) in [5.41, 5.74) is 0.507. The zero-order chi connectivity index (χ0) is 22.7. The molecule has 1 aliphatic rings. The van der Waals surface area contributed by atoms with Gasteiger partial charge in [0.1, 0.15) is 17.6 Å². The molecule has 0 aromatic carbocycles.